The van der Waals surface area contributed by atoms with Gasteiger partial charge in [-0.05, 0) is 37.0 Å². The van der Waals surface area contributed by atoms with Crippen LogP contribution in [0.2, 0.25) is 0 Å². The maximum absolute atomic E-state index is 12.7. The van der Waals surface area contributed by atoms with Gasteiger partial charge in [0.25, 0.3) is 0 Å². The SMILES string of the molecule is Cc1c(CN)cccc1S(=O)(=O)N(C)C(C)C(C)C. The molecule has 1 aromatic rings. The van der Waals surface area contributed by atoms with Gasteiger partial charge in [-0.15, -0.1) is 0 Å². The summed E-state index contributed by atoms with van der Waals surface area (Å²) in [5.41, 5.74) is 7.25. The fourth-order valence-corrected chi connectivity index (χ4v) is 3.71. The summed E-state index contributed by atoms with van der Waals surface area (Å²) in [5, 5.41) is 0. The second kappa shape index (κ2) is 6.03. The molecule has 1 atom stereocenters. The highest BCUT2D eigenvalue weighted by atomic mass is 32.2. The molecule has 0 radical (unpaired) electrons. The molecular formula is C14H24N2O2S. The van der Waals surface area contributed by atoms with Gasteiger partial charge in [-0.1, -0.05) is 26.0 Å². The quantitative estimate of drug-likeness (QED) is 0.901. The van der Waals surface area contributed by atoms with Crippen molar-refractivity contribution in [1.82, 2.24) is 4.31 Å². The van der Waals surface area contributed by atoms with Crippen LogP contribution in [0, 0.1) is 12.8 Å². The molecule has 108 valence electrons. The minimum Gasteiger partial charge on any atom is -0.326 e. The first-order valence-corrected chi connectivity index (χ1v) is 7.94. The van der Waals surface area contributed by atoms with Crippen molar-refractivity contribution >= 4 is 10.0 Å². The topological polar surface area (TPSA) is 63.4 Å². The molecule has 0 fully saturated rings. The minimum absolute atomic E-state index is 0.0501. The Hall–Kier alpha value is -0.910. The summed E-state index contributed by atoms with van der Waals surface area (Å²) in [5.74, 6) is 0.262. The third-order valence-electron chi connectivity index (χ3n) is 3.81. The Labute approximate surface area is 116 Å². The van der Waals surface area contributed by atoms with Crippen molar-refractivity contribution in [3.8, 4) is 0 Å². The predicted molar refractivity (Wildman–Crippen MR) is 78.3 cm³/mol. The summed E-state index contributed by atoms with van der Waals surface area (Å²) in [4.78, 5) is 0.352. The first kappa shape index (κ1) is 16.1. The van der Waals surface area contributed by atoms with Crippen LogP contribution in [0.3, 0.4) is 0 Å². The van der Waals surface area contributed by atoms with Gasteiger partial charge in [-0.2, -0.15) is 4.31 Å². The Bertz CT molecular complexity index is 538. The van der Waals surface area contributed by atoms with Gasteiger partial charge in [-0.3, -0.25) is 0 Å². The molecule has 0 aliphatic carbocycles. The molecule has 1 unspecified atom stereocenters. The fourth-order valence-electron chi connectivity index (χ4n) is 1.95. The van der Waals surface area contributed by atoms with Gasteiger partial charge in [0, 0.05) is 19.6 Å². The van der Waals surface area contributed by atoms with E-state index in [4.69, 9.17) is 5.73 Å². The Morgan fingerprint density at radius 1 is 1.26 bits per heavy atom. The normalized spacial score (nSPS) is 14.1. The van der Waals surface area contributed by atoms with Gasteiger partial charge in [0.2, 0.25) is 10.0 Å². The highest BCUT2D eigenvalue weighted by Gasteiger charge is 2.28. The van der Waals surface area contributed by atoms with E-state index in [1.165, 1.54) is 4.31 Å². The number of hydrogen-bond donors (Lipinski definition) is 1. The van der Waals surface area contributed by atoms with Crippen molar-refractivity contribution in [2.75, 3.05) is 7.05 Å². The number of sulfonamides is 1. The average Bonchev–Trinajstić information content (AvgIpc) is 2.36. The van der Waals surface area contributed by atoms with E-state index in [2.05, 4.69) is 0 Å². The van der Waals surface area contributed by atoms with Gasteiger partial charge < -0.3 is 5.73 Å². The molecule has 0 bridgehead atoms. The smallest absolute Gasteiger partial charge is 0.243 e. The lowest BCUT2D eigenvalue weighted by Crippen LogP contribution is -2.38. The lowest BCUT2D eigenvalue weighted by Gasteiger charge is -2.28. The first-order chi connectivity index (χ1) is 8.73. The van der Waals surface area contributed by atoms with E-state index in [1.54, 1.807) is 19.2 Å². The van der Waals surface area contributed by atoms with Crippen molar-refractivity contribution in [2.45, 2.75) is 45.2 Å². The lowest BCUT2D eigenvalue weighted by atomic mass is 10.1. The largest absolute Gasteiger partial charge is 0.326 e. The van der Waals surface area contributed by atoms with E-state index in [1.807, 2.05) is 33.8 Å². The molecular weight excluding hydrogens is 260 g/mol. The van der Waals surface area contributed by atoms with E-state index >= 15 is 0 Å². The molecule has 0 aliphatic rings. The molecule has 19 heavy (non-hydrogen) atoms. The third-order valence-corrected chi connectivity index (χ3v) is 5.90. The van der Waals surface area contributed by atoms with Crippen LogP contribution < -0.4 is 5.73 Å². The highest BCUT2D eigenvalue weighted by Crippen LogP contribution is 2.24. The Morgan fingerprint density at radius 3 is 2.32 bits per heavy atom. The van der Waals surface area contributed by atoms with Crippen LogP contribution in [0.5, 0.6) is 0 Å². The standard InChI is InChI=1S/C14H24N2O2S/c1-10(2)12(4)16(5)19(17,18)14-8-6-7-13(9-15)11(14)3/h6-8,10,12H,9,15H2,1-5H3. The van der Waals surface area contributed by atoms with E-state index in [0.29, 0.717) is 11.4 Å². The van der Waals surface area contributed by atoms with E-state index in [-0.39, 0.29) is 12.0 Å². The van der Waals surface area contributed by atoms with Crippen LogP contribution >= 0.6 is 0 Å². The zero-order valence-corrected chi connectivity index (χ0v) is 13.2. The van der Waals surface area contributed by atoms with E-state index < -0.39 is 10.0 Å². The van der Waals surface area contributed by atoms with Crippen LogP contribution in [-0.4, -0.2) is 25.8 Å². The summed E-state index contributed by atoms with van der Waals surface area (Å²) in [6.07, 6.45) is 0. The molecule has 1 rings (SSSR count). The summed E-state index contributed by atoms with van der Waals surface area (Å²) in [7, 11) is -1.84. The maximum Gasteiger partial charge on any atom is 0.243 e. The monoisotopic (exact) mass is 284 g/mol. The number of nitrogens with zero attached hydrogens (tertiary/aromatic N) is 1. The van der Waals surface area contributed by atoms with Gasteiger partial charge in [-0.25, -0.2) is 8.42 Å². The van der Waals surface area contributed by atoms with Crippen molar-refractivity contribution in [3.05, 3.63) is 29.3 Å². The predicted octanol–water partition coefficient (Wildman–Crippen LogP) is 2.12. The summed E-state index contributed by atoms with van der Waals surface area (Å²) in [6, 6.07) is 5.20. The lowest BCUT2D eigenvalue weighted by molar-refractivity contribution is 0.315. The van der Waals surface area contributed by atoms with Crippen LogP contribution in [0.4, 0.5) is 0 Å². The molecule has 0 aromatic heterocycles. The van der Waals surface area contributed by atoms with Crippen molar-refractivity contribution in [3.63, 3.8) is 0 Å². The van der Waals surface area contributed by atoms with E-state index in [9.17, 15) is 8.42 Å². The molecule has 1 aromatic carbocycles. The second-order valence-electron chi connectivity index (χ2n) is 5.25. The fraction of sp³-hybridized carbons (Fsp3) is 0.571. The van der Waals surface area contributed by atoms with Gasteiger partial charge in [0.05, 0.1) is 4.90 Å². The molecule has 0 saturated heterocycles. The molecule has 0 aliphatic heterocycles. The van der Waals surface area contributed by atoms with E-state index in [0.717, 1.165) is 11.1 Å². The Balaban J connectivity index is 3.28. The van der Waals surface area contributed by atoms with Crippen molar-refractivity contribution in [2.24, 2.45) is 11.7 Å². The Morgan fingerprint density at radius 2 is 1.84 bits per heavy atom. The van der Waals surface area contributed by atoms with Crippen LogP contribution in [0.1, 0.15) is 31.9 Å². The number of nitrogens with two attached hydrogens (primary N) is 1. The molecule has 0 heterocycles. The van der Waals surface area contributed by atoms with Crippen molar-refractivity contribution in [1.29, 1.82) is 0 Å². The number of benzene rings is 1. The van der Waals surface area contributed by atoms with Crippen molar-refractivity contribution < 1.29 is 8.42 Å². The maximum atomic E-state index is 12.7. The average molecular weight is 284 g/mol. The molecule has 0 amide bonds. The highest BCUT2D eigenvalue weighted by molar-refractivity contribution is 7.89. The number of hydrogen-bond acceptors (Lipinski definition) is 3. The van der Waals surface area contributed by atoms with Crippen LogP contribution in [-0.2, 0) is 16.6 Å². The van der Waals surface area contributed by atoms with Crippen LogP contribution in [0.25, 0.3) is 0 Å². The Kier molecular flexibility index (Phi) is 5.12. The second-order valence-corrected chi connectivity index (χ2v) is 7.22. The van der Waals surface area contributed by atoms with Gasteiger partial charge in [0.1, 0.15) is 0 Å². The zero-order chi connectivity index (χ0) is 14.8. The van der Waals surface area contributed by atoms with Crippen LogP contribution in [0.15, 0.2) is 23.1 Å². The minimum atomic E-state index is -3.47. The molecule has 0 spiro atoms. The third kappa shape index (κ3) is 3.16. The summed E-state index contributed by atoms with van der Waals surface area (Å²) >= 11 is 0. The molecule has 5 heteroatoms. The zero-order valence-electron chi connectivity index (χ0n) is 12.3. The molecule has 2 N–H and O–H groups in total. The first-order valence-electron chi connectivity index (χ1n) is 6.50. The van der Waals surface area contributed by atoms with Gasteiger partial charge >= 0.3 is 0 Å². The summed E-state index contributed by atoms with van der Waals surface area (Å²) < 4.78 is 26.7. The summed E-state index contributed by atoms with van der Waals surface area (Å²) in [6.45, 7) is 8.10. The molecule has 0 saturated carbocycles. The molecule has 4 nitrogen and oxygen atoms in total. The number of rotatable bonds is 5. The van der Waals surface area contributed by atoms with Gasteiger partial charge in [0.15, 0.2) is 0 Å².